The second kappa shape index (κ2) is 11.4. The number of aliphatic carboxylic acids is 1. The van der Waals surface area contributed by atoms with Crippen molar-refractivity contribution in [1.29, 1.82) is 0 Å². The van der Waals surface area contributed by atoms with E-state index < -0.39 is 48.3 Å². The molecule has 9 nitrogen and oxygen atoms in total. The Balaban J connectivity index is 5.32. The van der Waals surface area contributed by atoms with E-state index in [9.17, 15) is 29.4 Å². The molecule has 9 heteroatoms. The molecule has 25 heavy (non-hydrogen) atoms. The molecule has 3 N–H and O–H groups in total. The van der Waals surface area contributed by atoms with Gasteiger partial charge in [0.15, 0.2) is 0 Å². The first kappa shape index (κ1) is 22.8. The van der Waals surface area contributed by atoms with E-state index in [1.165, 1.54) is 6.92 Å². The average molecular weight is 361 g/mol. The highest BCUT2D eigenvalue weighted by Gasteiger charge is 2.39. The first-order chi connectivity index (χ1) is 11.6. The van der Waals surface area contributed by atoms with E-state index in [1.807, 2.05) is 0 Å². The highest BCUT2D eigenvalue weighted by Crippen LogP contribution is 2.15. The van der Waals surface area contributed by atoms with Crippen LogP contribution in [0.4, 0.5) is 0 Å². The van der Waals surface area contributed by atoms with E-state index in [4.69, 9.17) is 9.47 Å². The number of carbonyl (C=O) groups excluding carboxylic acids is 3. The van der Waals surface area contributed by atoms with Crippen LogP contribution in [-0.2, 0) is 28.7 Å². The molecule has 0 aliphatic rings. The van der Waals surface area contributed by atoms with Crippen molar-refractivity contribution in [2.45, 2.75) is 52.7 Å². The second-order valence-corrected chi connectivity index (χ2v) is 5.84. The van der Waals surface area contributed by atoms with E-state index in [-0.39, 0.29) is 25.6 Å². The number of aliphatic hydroxyl groups is 1. The standard InChI is InChI=1S/C16H27NO8/c1-5-24-12(19)8-10(16(23)25-6-2)13(15(21)22)17-14(20)11(18)7-9(3)4/h9-11,13,18H,5-8H2,1-4H3,(H,17,20)(H,21,22)/t10-,11-,13-/m0/s1. The van der Waals surface area contributed by atoms with Crippen molar-refractivity contribution in [2.24, 2.45) is 11.8 Å². The smallest absolute Gasteiger partial charge is 0.327 e. The van der Waals surface area contributed by atoms with E-state index >= 15 is 0 Å². The molecular formula is C16H27NO8. The number of hydrogen-bond acceptors (Lipinski definition) is 7. The summed E-state index contributed by atoms with van der Waals surface area (Å²) in [6, 6.07) is -1.72. The molecule has 0 bridgehead atoms. The Bertz CT molecular complexity index is 477. The lowest BCUT2D eigenvalue weighted by Gasteiger charge is -2.24. The number of aliphatic hydroxyl groups excluding tert-OH is 1. The third-order valence-corrected chi connectivity index (χ3v) is 3.24. The van der Waals surface area contributed by atoms with Gasteiger partial charge in [-0.1, -0.05) is 13.8 Å². The Hall–Kier alpha value is -2.16. The summed E-state index contributed by atoms with van der Waals surface area (Å²) in [6.07, 6.45) is -1.86. The quantitative estimate of drug-likeness (QED) is 0.440. The maximum Gasteiger partial charge on any atom is 0.327 e. The van der Waals surface area contributed by atoms with Crippen molar-refractivity contribution in [1.82, 2.24) is 5.32 Å². The van der Waals surface area contributed by atoms with Crippen LogP contribution in [0, 0.1) is 11.8 Å². The van der Waals surface area contributed by atoms with Gasteiger partial charge in [0.25, 0.3) is 0 Å². The molecule has 0 heterocycles. The minimum Gasteiger partial charge on any atom is -0.480 e. The normalized spacial score (nSPS) is 14.3. The van der Waals surface area contributed by atoms with Crippen molar-refractivity contribution in [3.63, 3.8) is 0 Å². The number of carboxylic acid groups (broad SMARTS) is 1. The number of esters is 2. The topological polar surface area (TPSA) is 139 Å². The predicted octanol–water partition coefficient (Wildman–Crippen LogP) is 0.0953. The van der Waals surface area contributed by atoms with E-state index in [0.29, 0.717) is 0 Å². The highest BCUT2D eigenvalue weighted by atomic mass is 16.5. The maximum atomic E-state index is 12.1. The summed E-state index contributed by atoms with van der Waals surface area (Å²) in [5.74, 6) is -5.65. The third-order valence-electron chi connectivity index (χ3n) is 3.24. The molecule has 0 fully saturated rings. The fraction of sp³-hybridized carbons (Fsp3) is 0.750. The monoisotopic (exact) mass is 361 g/mol. The lowest BCUT2D eigenvalue weighted by molar-refractivity contribution is -0.160. The molecule has 0 saturated heterocycles. The Morgan fingerprint density at radius 3 is 2.04 bits per heavy atom. The van der Waals surface area contributed by atoms with Crippen LogP contribution < -0.4 is 5.32 Å². The van der Waals surface area contributed by atoms with Gasteiger partial charge in [0.1, 0.15) is 12.1 Å². The molecular weight excluding hydrogens is 334 g/mol. The average Bonchev–Trinajstić information content (AvgIpc) is 2.49. The number of hydrogen-bond donors (Lipinski definition) is 3. The van der Waals surface area contributed by atoms with Gasteiger partial charge in [0.2, 0.25) is 5.91 Å². The molecule has 0 radical (unpaired) electrons. The largest absolute Gasteiger partial charge is 0.480 e. The zero-order valence-electron chi connectivity index (χ0n) is 15.0. The van der Waals surface area contributed by atoms with Gasteiger partial charge >= 0.3 is 17.9 Å². The van der Waals surface area contributed by atoms with Crippen LogP contribution in [0.1, 0.15) is 40.5 Å². The van der Waals surface area contributed by atoms with E-state index in [1.54, 1.807) is 20.8 Å². The lowest BCUT2D eigenvalue weighted by atomic mass is 9.95. The number of rotatable bonds is 11. The molecule has 0 aromatic heterocycles. The number of carbonyl (C=O) groups is 4. The fourth-order valence-electron chi connectivity index (χ4n) is 2.12. The minimum atomic E-state index is -1.72. The third kappa shape index (κ3) is 8.48. The van der Waals surface area contributed by atoms with Crippen LogP contribution in [-0.4, -0.2) is 59.4 Å². The number of nitrogens with one attached hydrogen (secondary N) is 1. The molecule has 0 rings (SSSR count). The van der Waals surface area contributed by atoms with Gasteiger partial charge in [0, 0.05) is 0 Å². The molecule has 0 aromatic carbocycles. The molecule has 0 unspecified atom stereocenters. The first-order valence-corrected chi connectivity index (χ1v) is 8.17. The molecule has 0 aromatic rings. The van der Waals surface area contributed by atoms with Crippen molar-refractivity contribution >= 4 is 23.8 Å². The van der Waals surface area contributed by atoms with Crippen LogP contribution in [0.5, 0.6) is 0 Å². The van der Waals surface area contributed by atoms with Crippen LogP contribution in [0.15, 0.2) is 0 Å². The molecule has 0 aliphatic heterocycles. The summed E-state index contributed by atoms with van der Waals surface area (Å²) in [6.45, 7) is 6.71. The first-order valence-electron chi connectivity index (χ1n) is 8.17. The lowest BCUT2D eigenvalue weighted by Crippen LogP contribution is -2.52. The fourth-order valence-corrected chi connectivity index (χ4v) is 2.12. The van der Waals surface area contributed by atoms with Crippen LogP contribution in [0.3, 0.4) is 0 Å². The summed E-state index contributed by atoms with van der Waals surface area (Å²) in [7, 11) is 0. The van der Waals surface area contributed by atoms with Crippen molar-refractivity contribution < 1.29 is 38.9 Å². The summed E-state index contributed by atoms with van der Waals surface area (Å²) in [5.41, 5.74) is 0. The Morgan fingerprint density at radius 2 is 1.60 bits per heavy atom. The van der Waals surface area contributed by atoms with Gasteiger partial charge < -0.3 is 25.0 Å². The van der Waals surface area contributed by atoms with Crippen LogP contribution in [0.2, 0.25) is 0 Å². The van der Waals surface area contributed by atoms with Gasteiger partial charge in [0.05, 0.1) is 25.6 Å². The zero-order chi connectivity index (χ0) is 19.6. The van der Waals surface area contributed by atoms with Crippen LogP contribution in [0.25, 0.3) is 0 Å². The van der Waals surface area contributed by atoms with Gasteiger partial charge in [-0.15, -0.1) is 0 Å². The summed E-state index contributed by atoms with van der Waals surface area (Å²) in [4.78, 5) is 47.2. The number of carboxylic acids is 1. The molecule has 0 saturated carbocycles. The SMILES string of the molecule is CCOC(=O)C[C@H](C(=O)OCC)[C@H](NC(=O)[C@@H](O)CC(C)C)C(=O)O. The van der Waals surface area contributed by atoms with Gasteiger partial charge in [-0.25, -0.2) is 4.79 Å². The molecule has 0 aliphatic carbocycles. The van der Waals surface area contributed by atoms with Gasteiger partial charge in [-0.05, 0) is 26.2 Å². The van der Waals surface area contributed by atoms with Crippen LogP contribution >= 0.6 is 0 Å². The Morgan fingerprint density at radius 1 is 1.04 bits per heavy atom. The molecule has 1 amide bonds. The molecule has 3 atom stereocenters. The predicted molar refractivity (Wildman–Crippen MR) is 86.4 cm³/mol. The summed E-state index contributed by atoms with van der Waals surface area (Å²) in [5, 5.41) is 21.3. The Labute approximate surface area is 146 Å². The summed E-state index contributed by atoms with van der Waals surface area (Å²) < 4.78 is 9.53. The molecule has 144 valence electrons. The Kier molecular flexibility index (Phi) is 10.4. The minimum absolute atomic E-state index is 0.00409. The molecule has 0 spiro atoms. The van der Waals surface area contributed by atoms with Crippen molar-refractivity contribution in [2.75, 3.05) is 13.2 Å². The van der Waals surface area contributed by atoms with Crippen molar-refractivity contribution in [3.8, 4) is 0 Å². The highest BCUT2D eigenvalue weighted by molar-refractivity contribution is 5.91. The number of ether oxygens (including phenoxy) is 2. The summed E-state index contributed by atoms with van der Waals surface area (Å²) >= 11 is 0. The zero-order valence-corrected chi connectivity index (χ0v) is 15.0. The van der Waals surface area contributed by atoms with Gasteiger partial charge in [-0.2, -0.15) is 0 Å². The van der Waals surface area contributed by atoms with E-state index in [0.717, 1.165) is 0 Å². The second-order valence-electron chi connectivity index (χ2n) is 5.84. The van der Waals surface area contributed by atoms with Crippen molar-refractivity contribution in [3.05, 3.63) is 0 Å². The maximum absolute atomic E-state index is 12.1. The van der Waals surface area contributed by atoms with E-state index in [2.05, 4.69) is 5.32 Å². The van der Waals surface area contributed by atoms with Gasteiger partial charge in [-0.3, -0.25) is 14.4 Å². The number of amides is 1.